The van der Waals surface area contributed by atoms with E-state index >= 15 is 0 Å². The highest BCUT2D eigenvalue weighted by molar-refractivity contribution is 6.31. The Morgan fingerprint density at radius 1 is 0.930 bits per heavy atom. The van der Waals surface area contributed by atoms with Gasteiger partial charge in [-0.15, -0.1) is 5.10 Å². The Labute approximate surface area is 331 Å². The highest BCUT2D eigenvalue weighted by Crippen LogP contribution is 2.35. The summed E-state index contributed by atoms with van der Waals surface area (Å²) in [5, 5.41) is 18.1. The lowest BCUT2D eigenvalue weighted by atomic mass is 10.1. The first-order valence-electron chi connectivity index (χ1n) is 18.2. The molecule has 0 radical (unpaired) electrons. The van der Waals surface area contributed by atoms with E-state index in [-0.39, 0.29) is 23.4 Å². The number of hydrazone groups is 1. The quantitative estimate of drug-likeness (QED) is 0.0241. The molecule has 15 nitrogen and oxygen atoms in total. The molecule has 57 heavy (non-hydrogen) atoms. The number of ether oxygens (including phenoxy) is 3. The zero-order valence-electron chi connectivity index (χ0n) is 31.0. The van der Waals surface area contributed by atoms with E-state index in [0.717, 1.165) is 67.6 Å². The predicted octanol–water partition coefficient (Wildman–Crippen LogP) is 6.91. The third-order valence-corrected chi connectivity index (χ3v) is 8.99. The van der Waals surface area contributed by atoms with Gasteiger partial charge in [-0.25, -0.2) is 10.1 Å². The van der Waals surface area contributed by atoms with E-state index in [1.807, 2.05) is 12.1 Å². The van der Waals surface area contributed by atoms with E-state index in [0.29, 0.717) is 58.2 Å². The fourth-order valence-electron chi connectivity index (χ4n) is 5.84. The van der Waals surface area contributed by atoms with E-state index in [1.165, 1.54) is 6.07 Å². The molecule has 1 aromatic heterocycles. The molecule has 5 rings (SSSR count). The van der Waals surface area contributed by atoms with Gasteiger partial charge in [-0.05, 0) is 78.4 Å². The number of anilines is 2. The van der Waals surface area contributed by atoms with Crippen molar-refractivity contribution in [2.45, 2.75) is 38.4 Å². The smallest absolute Gasteiger partial charge is 0.379 e. The molecule has 0 unspecified atom stereocenters. The van der Waals surface area contributed by atoms with Gasteiger partial charge >= 0.3 is 6.18 Å². The zero-order valence-corrected chi connectivity index (χ0v) is 31.7. The number of carbonyl (C=O) groups excluding carboxylic acids is 2. The van der Waals surface area contributed by atoms with Gasteiger partial charge in [-0.1, -0.05) is 40.1 Å². The summed E-state index contributed by atoms with van der Waals surface area (Å²) < 4.78 is 58.0. The molecule has 2 N–H and O–H groups in total. The normalized spacial score (nSPS) is 13.1. The van der Waals surface area contributed by atoms with Gasteiger partial charge in [-0.3, -0.25) is 9.59 Å². The zero-order chi connectivity index (χ0) is 40.5. The molecule has 1 aliphatic heterocycles. The second-order valence-corrected chi connectivity index (χ2v) is 13.2. The number of rotatable bonds is 20. The number of piperidine rings is 1. The monoisotopic (exact) mass is 810 g/mol. The van der Waals surface area contributed by atoms with E-state index in [9.17, 15) is 22.8 Å². The van der Waals surface area contributed by atoms with Crippen molar-refractivity contribution in [3.63, 3.8) is 0 Å². The number of azide groups is 1. The van der Waals surface area contributed by atoms with Crippen LogP contribution in [0.3, 0.4) is 0 Å². The molecule has 1 aliphatic rings. The number of nitrogens with zero attached hydrogens (tertiary/aromatic N) is 8. The number of amides is 2. The number of benzene rings is 3. The van der Waals surface area contributed by atoms with Gasteiger partial charge in [0.2, 0.25) is 0 Å². The summed E-state index contributed by atoms with van der Waals surface area (Å²) in [5.74, 6) is -1.12. The van der Waals surface area contributed by atoms with Crippen LogP contribution >= 0.6 is 11.6 Å². The Balaban J connectivity index is 1.16. The average molecular weight is 811 g/mol. The predicted molar refractivity (Wildman–Crippen MR) is 208 cm³/mol. The van der Waals surface area contributed by atoms with Crippen LogP contribution < -0.4 is 15.6 Å². The fraction of sp³-hybridized carbons (Fsp3) is 0.395. The van der Waals surface area contributed by atoms with Crippen molar-refractivity contribution in [2.75, 3.05) is 69.5 Å². The molecule has 0 atom stereocenters. The summed E-state index contributed by atoms with van der Waals surface area (Å²) in [4.78, 5) is 31.9. The number of hydrogen-bond acceptors (Lipinski definition) is 10. The van der Waals surface area contributed by atoms with Crippen LogP contribution in [-0.2, 0) is 33.4 Å². The summed E-state index contributed by atoms with van der Waals surface area (Å²) in [5.41, 5.74) is 12.7. The Morgan fingerprint density at radius 2 is 1.68 bits per heavy atom. The van der Waals surface area contributed by atoms with Gasteiger partial charge in [-0.2, -0.15) is 18.3 Å². The maximum atomic E-state index is 13.6. The van der Waals surface area contributed by atoms with Gasteiger partial charge < -0.3 is 24.4 Å². The molecule has 3 aromatic carbocycles. The average Bonchev–Trinajstić information content (AvgIpc) is 3.65. The van der Waals surface area contributed by atoms with Crippen LogP contribution in [0.15, 0.2) is 77.1 Å². The number of alkyl halides is 3. The molecular weight excluding hydrogens is 769 g/mol. The first-order chi connectivity index (χ1) is 27.6. The molecule has 2 amide bonds. The number of carbonyl (C=O) groups is 2. The van der Waals surface area contributed by atoms with Crippen molar-refractivity contribution in [3.05, 3.63) is 116 Å². The summed E-state index contributed by atoms with van der Waals surface area (Å²) in [6.07, 6.45) is 1.90. The summed E-state index contributed by atoms with van der Waals surface area (Å²) in [7, 11) is 0. The van der Waals surface area contributed by atoms with Crippen LogP contribution in [0.4, 0.5) is 24.5 Å². The van der Waals surface area contributed by atoms with E-state index in [4.69, 9.17) is 31.3 Å². The third kappa shape index (κ3) is 13.6. The Bertz CT molecular complexity index is 2030. The van der Waals surface area contributed by atoms with Crippen molar-refractivity contribution in [2.24, 2.45) is 10.2 Å². The molecule has 0 saturated carbocycles. The maximum Gasteiger partial charge on any atom is 0.417 e. The second-order valence-electron chi connectivity index (χ2n) is 12.8. The van der Waals surface area contributed by atoms with Gasteiger partial charge in [0.1, 0.15) is 0 Å². The number of halogens is 4. The van der Waals surface area contributed by atoms with E-state index in [2.05, 4.69) is 41.1 Å². The van der Waals surface area contributed by atoms with Crippen molar-refractivity contribution in [1.82, 2.24) is 20.4 Å². The molecule has 4 aromatic rings. The number of aromatic nitrogens is 3. The highest BCUT2D eigenvalue weighted by atomic mass is 35.5. The SMILES string of the molecule is [N-]=[N+]=NCCOCCOCCOCCc1cn(Cc2cccc(C(=O)Nc3ccc(N4CCCCC4)cc3C(=O)N/N=C\c3ccc(Cl)c(C(F)(F)F)c3)c2)nn1. The molecule has 1 saturated heterocycles. The number of nitrogens with one attached hydrogen (secondary N) is 2. The minimum atomic E-state index is -4.66. The van der Waals surface area contributed by atoms with Crippen molar-refractivity contribution in [3.8, 4) is 0 Å². The summed E-state index contributed by atoms with van der Waals surface area (Å²) >= 11 is 5.73. The molecular formula is C38H42ClF3N10O5. The first kappa shape index (κ1) is 42.6. The van der Waals surface area contributed by atoms with Gasteiger partial charge in [0, 0.05) is 48.4 Å². The maximum absolute atomic E-state index is 13.6. The minimum absolute atomic E-state index is 0.0801. The Hall–Kier alpha value is -5.52. The van der Waals surface area contributed by atoms with Gasteiger partial charge in [0.15, 0.2) is 0 Å². The van der Waals surface area contributed by atoms with Crippen LogP contribution in [0.2, 0.25) is 5.02 Å². The topological polar surface area (TPSA) is 181 Å². The van der Waals surface area contributed by atoms with Crippen LogP contribution in [0.25, 0.3) is 10.4 Å². The molecule has 0 aliphatic carbocycles. The molecule has 1 fully saturated rings. The summed E-state index contributed by atoms with van der Waals surface area (Å²) in [6, 6.07) is 15.4. The largest absolute Gasteiger partial charge is 0.417 e. The molecule has 0 bridgehead atoms. The standard InChI is InChI=1S/C38H42ClF3N10O5/c39-34-9-7-27(22-33(34)38(40,41)42)24-45-48-37(54)32-23-31(51-13-2-1-3-14-51)8-10-35(32)46-36(53)29-6-4-5-28(21-29)25-52-26-30(47-50-52)11-15-55-17-19-57-20-18-56-16-12-44-49-43/h4-10,21-24,26H,1-3,11-20,25H2,(H,46,53)(H,48,54)/b45-24-. The van der Waals surface area contributed by atoms with Gasteiger partial charge in [0.05, 0.1) is 79.9 Å². The van der Waals surface area contributed by atoms with Crippen molar-refractivity contribution >= 4 is 41.0 Å². The molecule has 302 valence electrons. The van der Waals surface area contributed by atoms with Gasteiger partial charge in [0.25, 0.3) is 11.8 Å². The Kier molecular flexibility index (Phi) is 16.2. The minimum Gasteiger partial charge on any atom is -0.379 e. The first-order valence-corrected chi connectivity index (χ1v) is 18.6. The lowest BCUT2D eigenvalue weighted by Crippen LogP contribution is -2.30. The molecule has 2 heterocycles. The second kappa shape index (κ2) is 21.7. The van der Waals surface area contributed by atoms with Crippen LogP contribution in [-0.4, -0.2) is 92.3 Å². The van der Waals surface area contributed by atoms with Crippen LogP contribution in [0.1, 0.15) is 62.4 Å². The van der Waals surface area contributed by atoms with Crippen LogP contribution in [0, 0.1) is 0 Å². The lowest BCUT2D eigenvalue weighted by molar-refractivity contribution is -0.137. The fourth-order valence-corrected chi connectivity index (χ4v) is 6.06. The lowest BCUT2D eigenvalue weighted by Gasteiger charge is -2.29. The molecule has 19 heteroatoms. The summed E-state index contributed by atoms with van der Waals surface area (Å²) in [6.45, 7) is 4.65. The van der Waals surface area contributed by atoms with E-state index < -0.39 is 28.6 Å². The van der Waals surface area contributed by atoms with Crippen LogP contribution in [0.5, 0.6) is 0 Å². The third-order valence-electron chi connectivity index (χ3n) is 8.66. The Morgan fingerprint density at radius 3 is 2.44 bits per heavy atom. The van der Waals surface area contributed by atoms with Crippen molar-refractivity contribution in [1.29, 1.82) is 0 Å². The molecule has 0 spiro atoms. The van der Waals surface area contributed by atoms with Crippen molar-refractivity contribution < 1.29 is 37.0 Å². The van der Waals surface area contributed by atoms with E-state index in [1.54, 1.807) is 41.2 Å². The highest BCUT2D eigenvalue weighted by Gasteiger charge is 2.33. The number of hydrogen-bond donors (Lipinski definition) is 2.